The van der Waals surface area contributed by atoms with Crippen LogP contribution in [-0.4, -0.2) is 103 Å². The van der Waals surface area contributed by atoms with Gasteiger partial charge in [-0.3, -0.25) is 24.1 Å². The molecule has 1 heterocycles. The molecule has 0 radical (unpaired) electrons. The molecule has 0 bridgehead atoms. The number of alkyl halides is 1. The van der Waals surface area contributed by atoms with Gasteiger partial charge in [0, 0.05) is 41.9 Å². The van der Waals surface area contributed by atoms with E-state index < -0.39 is 57.7 Å². The number of hydrogen-bond donors (Lipinski definition) is 5. The van der Waals surface area contributed by atoms with Gasteiger partial charge in [0.1, 0.15) is 12.2 Å². The highest BCUT2D eigenvalue weighted by molar-refractivity contribution is 8.00. The van der Waals surface area contributed by atoms with Gasteiger partial charge >= 0.3 is 0 Å². The van der Waals surface area contributed by atoms with Gasteiger partial charge in [-0.1, -0.05) is 31.9 Å². The predicted octanol–water partition coefficient (Wildman–Crippen LogP) is 2.21. The fraction of sp³-hybridized carbons (Fsp3) is 0.735. The second-order valence-corrected chi connectivity index (χ2v) is 15.7. The Bertz CT molecular complexity index is 1390. The minimum Gasteiger partial charge on any atom is -0.396 e. The summed E-state index contributed by atoms with van der Waals surface area (Å²) in [4.78, 5) is 51.2. The lowest BCUT2D eigenvalue weighted by Crippen LogP contribution is -2.69. The van der Waals surface area contributed by atoms with E-state index in [1.54, 1.807) is 39.0 Å². The lowest BCUT2D eigenvalue weighted by atomic mass is 9.44. The van der Waals surface area contributed by atoms with Crippen molar-refractivity contribution in [2.75, 3.05) is 25.5 Å². The maximum Gasteiger partial charge on any atom is 0.242 e. The summed E-state index contributed by atoms with van der Waals surface area (Å²) in [7, 11) is 0. The largest absolute Gasteiger partial charge is 0.396 e. The van der Waals surface area contributed by atoms with E-state index in [1.807, 2.05) is 0 Å². The monoisotopic (exact) mass is 677 g/mol. The van der Waals surface area contributed by atoms with Crippen LogP contribution in [0.2, 0.25) is 0 Å². The number of hydrazone groups is 1. The molecule has 0 aromatic carbocycles. The first-order chi connectivity index (χ1) is 22.2. The number of imide groups is 1. The van der Waals surface area contributed by atoms with Crippen molar-refractivity contribution in [2.24, 2.45) is 33.7 Å². The van der Waals surface area contributed by atoms with Crippen LogP contribution < -0.4 is 5.43 Å². The van der Waals surface area contributed by atoms with E-state index in [0.717, 1.165) is 5.57 Å². The highest BCUT2D eigenvalue weighted by Gasteiger charge is 2.75. The number of fused-ring (bicyclic) bond motifs is 5. The molecular weight excluding hydrogens is 629 g/mol. The number of carbonyl (C=O) groups excluding carboxylic acids is 4. The fourth-order valence-corrected chi connectivity index (χ4v) is 10.4. The van der Waals surface area contributed by atoms with Crippen molar-refractivity contribution < 1.29 is 44.0 Å². The Hall–Kier alpha value is -2.45. The molecule has 3 amide bonds. The molecule has 0 spiro atoms. The minimum atomic E-state index is -2.05. The van der Waals surface area contributed by atoms with Crippen LogP contribution in [0, 0.1) is 28.6 Å². The molecule has 5 rings (SSSR count). The van der Waals surface area contributed by atoms with Crippen LogP contribution in [-0.2, 0) is 19.2 Å². The average Bonchev–Trinajstić information content (AvgIpc) is 3.42. The lowest BCUT2D eigenvalue weighted by molar-refractivity contribution is -0.219. The Kier molecular flexibility index (Phi) is 10.3. The Morgan fingerprint density at radius 3 is 2.62 bits per heavy atom. The first-order valence-corrected chi connectivity index (χ1v) is 17.8. The maximum atomic E-state index is 17.5. The van der Waals surface area contributed by atoms with Gasteiger partial charge in [-0.05, 0) is 69.4 Å². The van der Waals surface area contributed by atoms with E-state index in [4.69, 9.17) is 5.11 Å². The molecule has 4 fully saturated rings. The van der Waals surface area contributed by atoms with Crippen LogP contribution in [0.5, 0.6) is 0 Å². The summed E-state index contributed by atoms with van der Waals surface area (Å²) in [6.45, 7) is 4.72. The molecule has 5 aliphatic rings. The number of thioether (sulfide) groups is 1. The van der Waals surface area contributed by atoms with Gasteiger partial charge in [-0.15, -0.1) is 11.8 Å². The summed E-state index contributed by atoms with van der Waals surface area (Å²) < 4.78 is 17.5. The molecule has 260 valence electrons. The third kappa shape index (κ3) is 5.73. The maximum absolute atomic E-state index is 17.5. The number of ketones is 1. The smallest absolute Gasteiger partial charge is 0.242 e. The van der Waals surface area contributed by atoms with Gasteiger partial charge in [0.15, 0.2) is 11.5 Å². The number of halogens is 1. The van der Waals surface area contributed by atoms with Crippen LogP contribution in [0.25, 0.3) is 0 Å². The quantitative estimate of drug-likeness (QED) is 0.118. The highest BCUT2D eigenvalue weighted by atomic mass is 32.2. The number of aliphatic hydroxyl groups is 4. The molecule has 3 saturated carbocycles. The van der Waals surface area contributed by atoms with Crippen LogP contribution in [0.4, 0.5) is 4.39 Å². The van der Waals surface area contributed by atoms with Crippen molar-refractivity contribution >= 4 is 41.0 Å². The van der Waals surface area contributed by atoms with Crippen LogP contribution in [0.15, 0.2) is 28.9 Å². The number of Topliss-reactive ketones (excluding diaryl/α,β-unsaturated/α-hetero) is 1. The number of aliphatic hydroxyl groups excluding tert-OH is 3. The van der Waals surface area contributed by atoms with Gasteiger partial charge in [-0.2, -0.15) is 5.10 Å². The lowest BCUT2D eigenvalue weighted by Gasteiger charge is -2.62. The summed E-state index contributed by atoms with van der Waals surface area (Å²) in [6, 6.07) is 0. The van der Waals surface area contributed by atoms with Crippen molar-refractivity contribution in [1.29, 1.82) is 0 Å². The summed E-state index contributed by atoms with van der Waals surface area (Å²) in [5.74, 6) is -2.46. The molecule has 5 N–H and O–H groups in total. The zero-order valence-electron chi connectivity index (χ0n) is 27.4. The van der Waals surface area contributed by atoms with Crippen molar-refractivity contribution in [3.05, 3.63) is 23.8 Å². The molecule has 47 heavy (non-hydrogen) atoms. The predicted molar refractivity (Wildman–Crippen MR) is 174 cm³/mol. The zero-order chi connectivity index (χ0) is 34.4. The minimum absolute atomic E-state index is 0.0453. The third-order valence-electron chi connectivity index (χ3n) is 12.0. The Morgan fingerprint density at radius 1 is 1.17 bits per heavy atom. The third-order valence-corrected chi connectivity index (χ3v) is 13.2. The molecular formula is C34H48FN3O8S. The average molecular weight is 678 g/mol. The summed E-state index contributed by atoms with van der Waals surface area (Å²) in [6.07, 6.45) is 7.03. The SMILES string of the molecule is C[C@@H]1C[C@H]2[C@@H]3CCC4=CC(=NNC(=O)CCCCCN5C(=O)CC(SCCO)C5=O)C=C[C@]4(C)[C@@]3(F)[C@@H](O)C[C@]2(C)[C@@]1(O)C(=O)CO. The Morgan fingerprint density at radius 2 is 1.91 bits per heavy atom. The molecule has 1 aliphatic heterocycles. The number of nitrogens with one attached hydrogen (secondary N) is 1. The van der Waals surface area contributed by atoms with Crippen molar-refractivity contribution in [3.8, 4) is 0 Å². The molecule has 13 heteroatoms. The van der Waals surface area contributed by atoms with E-state index in [0.29, 0.717) is 56.5 Å². The van der Waals surface area contributed by atoms with Gasteiger partial charge in [0.25, 0.3) is 0 Å². The van der Waals surface area contributed by atoms with Crippen molar-refractivity contribution in [3.63, 3.8) is 0 Å². The molecule has 11 nitrogen and oxygen atoms in total. The Balaban J connectivity index is 1.16. The second-order valence-electron chi connectivity index (χ2n) is 14.4. The molecule has 0 aromatic heterocycles. The molecule has 4 aliphatic carbocycles. The van der Waals surface area contributed by atoms with Gasteiger partial charge in [-0.25, -0.2) is 9.82 Å². The second kappa shape index (κ2) is 13.5. The summed E-state index contributed by atoms with van der Waals surface area (Å²) in [5.41, 5.74) is -2.36. The molecule has 9 atom stereocenters. The van der Waals surface area contributed by atoms with E-state index in [-0.39, 0.29) is 49.5 Å². The van der Waals surface area contributed by atoms with E-state index in [1.165, 1.54) is 16.7 Å². The van der Waals surface area contributed by atoms with Gasteiger partial charge in [0.05, 0.1) is 23.7 Å². The Labute approximate surface area is 279 Å². The number of likely N-dealkylation sites (tertiary alicyclic amines) is 1. The highest BCUT2D eigenvalue weighted by Crippen LogP contribution is 2.70. The number of rotatable bonds is 12. The van der Waals surface area contributed by atoms with Crippen LogP contribution in [0.3, 0.4) is 0 Å². The number of amides is 3. The van der Waals surface area contributed by atoms with Crippen molar-refractivity contribution in [1.82, 2.24) is 10.3 Å². The zero-order valence-corrected chi connectivity index (χ0v) is 28.2. The number of unbranched alkanes of at least 4 members (excludes halogenated alkanes) is 2. The van der Waals surface area contributed by atoms with Crippen LogP contribution in [0.1, 0.15) is 78.6 Å². The standard InChI is InChI=1S/C34H48FN3O8S/c1-20-15-24-23-9-8-21-16-22(10-11-31(21,2)33(23,35)26(41)18-32(24,3)34(20,46)27(42)19-40)36-37-28(43)7-5-4-6-12-38-29(44)17-25(30(38)45)47-14-13-39/h10-11,16,20,23-26,39-41,46H,4-9,12-15,17-19H2,1-3H3,(H,37,43)/t20-,23+,24+,25?,26+,31+,32+,33+,34+/m1/s1. The number of allylic oxidation sites excluding steroid dienone is 4. The first kappa shape index (κ1) is 35.8. The van der Waals surface area contributed by atoms with E-state index in [9.17, 15) is 34.5 Å². The van der Waals surface area contributed by atoms with Gasteiger partial charge in [0.2, 0.25) is 17.7 Å². The first-order valence-electron chi connectivity index (χ1n) is 16.8. The number of nitrogens with zero attached hydrogens (tertiary/aromatic N) is 2. The van der Waals surface area contributed by atoms with E-state index >= 15 is 4.39 Å². The summed E-state index contributed by atoms with van der Waals surface area (Å²) in [5, 5.41) is 45.6. The van der Waals surface area contributed by atoms with Gasteiger partial charge < -0.3 is 20.4 Å². The molecule has 0 aromatic rings. The summed E-state index contributed by atoms with van der Waals surface area (Å²) >= 11 is 1.29. The van der Waals surface area contributed by atoms with Crippen molar-refractivity contribution in [2.45, 2.75) is 101 Å². The fourth-order valence-electron chi connectivity index (χ4n) is 9.47. The normalized spacial score (nSPS) is 40.3. The number of carbonyl (C=O) groups is 4. The van der Waals surface area contributed by atoms with Crippen LogP contribution >= 0.6 is 11.8 Å². The topological polar surface area (TPSA) is 177 Å². The van der Waals surface area contributed by atoms with E-state index in [2.05, 4.69) is 10.5 Å². The molecule has 1 unspecified atom stereocenters. The molecule has 1 saturated heterocycles. The number of hydrogen-bond acceptors (Lipinski definition) is 10.